The number of hydrogen-bond donors (Lipinski definition) is 0. The third-order valence-corrected chi connectivity index (χ3v) is 6.86. The van der Waals surface area contributed by atoms with Crippen LogP contribution in [0.5, 0.6) is 5.75 Å². The molecule has 0 spiro atoms. The molecule has 0 saturated carbocycles. The maximum absolute atomic E-state index is 6.55. The van der Waals surface area contributed by atoms with Crippen LogP contribution in [0.15, 0.2) is 96.1 Å². The average Bonchev–Trinajstić information content (AvgIpc) is 3.28. The van der Waals surface area contributed by atoms with Crippen LogP contribution >= 0.6 is 0 Å². The second kappa shape index (κ2) is 7.48. The number of fused-ring (bicyclic) bond motifs is 4. The first kappa shape index (κ1) is 20.0. The minimum Gasteiger partial charge on any atom is -0.464 e. The summed E-state index contributed by atoms with van der Waals surface area (Å²) in [5, 5.41) is 9.85. The van der Waals surface area contributed by atoms with Crippen LogP contribution in [0.25, 0.3) is 10.8 Å². The summed E-state index contributed by atoms with van der Waals surface area (Å²) in [7, 11) is 0. The molecule has 0 N–H and O–H groups in total. The average molecular weight is 433 g/mol. The van der Waals surface area contributed by atoms with Crippen molar-refractivity contribution in [3.63, 3.8) is 0 Å². The van der Waals surface area contributed by atoms with Gasteiger partial charge in [-0.15, -0.1) is 0 Å². The molecular weight excluding hydrogens is 404 g/mol. The van der Waals surface area contributed by atoms with Crippen LogP contribution in [0.1, 0.15) is 61.7 Å². The van der Waals surface area contributed by atoms with E-state index in [-0.39, 0.29) is 17.7 Å². The Hall–Kier alpha value is -3.59. The summed E-state index contributed by atoms with van der Waals surface area (Å²) >= 11 is 0. The van der Waals surface area contributed by atoms with Crippen LogP contribution in [-0.2, 0) is 5.41 Å². The molecule has 2 unspecified atom stereocenters. The van der Waals surface area contributed by atoms with E-state index in [9.17, 15) is 0 Å². The molecule has 2 aliphatic heterocycles. The molecule has 3 heteroatoms. The van der Waals surface area contributed by atoms with E-state index in [0.29, 0.717) is 0 Å². The molecule has 2 aliphatic rings. The topological polar surface area (TPSA) is 24.8 Å². The van der Waals surface area contributed by atoms with E-state index in [1.807, 2.05) is 0 Å². The Labute approximate surface area is 195 Å². The monoisotopic (exact) mass is 432 g/mol. The number of nitrogens with zero attached hydrogens (tertiary/aromatic N) is 2. The summed E-state index contributed by atoms with van der Waals surface area (Å²) in [4.78, 5) is 0. The Bertz CT molecular complexity index is 1360. The van der Waals surface area contributed by atoms with Gasteiger partial charge in [-0.1, -0.05) is 106 Å². The predicted octanol–water partition coefficient (Wildman–Crippen LogP) is 7.38. The molecule has 0 fully saturated rings. The molecule has 0 amide bonds. The van der Waals surface area contributed by atoms with Gasteiger partial charge in [-0.05, 0) is 27.8 Å². The Balaban J connectivity index is 1.45. The second-order valence-corrected chi connectivity index (χ2v) is 10.1. The lowest BCUT2D eigenvalue weighted by molar-refractivity contribution is -0.0190. The number of rotatable bonds is 2. The lowest BCUT2D eigenvalue weighted by atomic mass is 9.86. The van der Waals surface area contributed by atoms with E-state index < -0.39 is 0 Å². The Morgan fingerprint density at radius 3 is 2.36 bits per heavy atom. The van der Waals surface area contributed by atoms with Gasteiger partial charge < -0.3 is 4.74 Å². The number of hydrogen-bond acceptors (Lipinski definition) is 3. The van der Waals surface area contributed by atoms with Gasteiger partial charge in [0.2, 0.25) is 6.23 Å². The first-order chi connectivity index (χ1) is 16.0. The lowest BCUT2D eigenvalue weighted by Crippen LogP contribution is -2.33. The smallest absolute Gasteiger partial charge is 0.213 e. The van der Waals surface area contributed by atoms with Crippen molar-refractivity contribution in [3.05, 3.63) is 113 Å². The molecule has 2 atom stereocenters. The van der Waals surface area contributed by atoms with Gasteiger partial charge in [0.15, 0.2) is 0 Å². The minimum atomic E-state index is -0.244. The molecule has 0 aromatic heterocycles. The zero-order chi connectivity index (χ0) is 22.6. The molecule has 0 saturated heterocycles. The highest BCUT2D eigenvalue weighted by Gasteiger charge is 2.41. The molecule has 4 aromatic carbocycles. The van der Waals surface area contributed by atoms with Crippen molar-refractivity contribution in [1.82, 2.24) is 5.01 Å². The number of ether oxygens (including phenoxy) is 1. The van der Waals surface area contributed by atoms with E-state index in [0.717, 1.165) is 23.4 Å². The molecule has 2 heterocycles. The van der Waals surface area contributed by atoms with E-state index >= 15 is 0 Å². The molecule has 0 radical (unpaired) electrons. The quantitative estimate of drug-likeness (QED) is 0.330. The van der Waals surface area contributed by atoms with Gasteiger partial charge in [0.1, 0.15) is 5.75 Å². The van der Waals surface area contributed by atoms with Crippen molar-refractivity contribution in [2.24, 2.45) is 5.10 Å². The summed E-state index contributed by atoms with van der Waals surface area (Å²) < 4.78 is 6.55. The maximum Gasteiger partial charge on any atom is 0.213 e. The van der Waals surface area contributed by atoms with Crippen LogP contribution in [0.2, 0.25) is 0 Å². The summed E-state index contributed by atoms with van der Waals surface area (Å²) in [5.74, 6) is 0.956. The number of benzene rings is 4. The van der Waals surface area contributed by atoms with E-state index in [1.54, 1.807) is 0 Å². The van der Waals surface area contributed by atoms with Crippen LogP contribution in [0, 0.1) is 0 Å². The van der Waals surface area contributed by atoms with Crippen molar-refractivity contribution in [3.8, 4) is 5.75 Å². The first-order valence-electron chi connectivity index (χ1n) is 11.7. The fraction of sp³-hybridized carbons (Fsp3) is 0.233. The maximum atomic E-state index is 6.55. The highest BCUT2D eigenvalue weighted by atomic mass is 16.5. The predicted molar refractivity (Wildman–Crippen MR) is 135 cm³/mol. The van der Waals surface area contributed by atoms with Gasteiger partial charge in [0.25, 0.3) is 0 Å². The van der Waals surface area contributed by atoms with Gasteiger partial charge in [0.05, 0.1) is 11.8 Å². The van der Waals surface area contributed by atoms with E-state index in [1.165, 1.54) is 27.5 Å². The van der Waals surface area contributed by atoms with Gasteiger partial charge >= 0.3 is 0 Å². The minimum absolute atomic E-state index is 0.119. The lowest BCUT2D eigenvalue weighted by Gasteiger charge is -2.38. The summed E-state index contributed by atoms with van der Waals surface area (Å²) in [6.45, 7) is 6.73. The molecular formula is C30H28N2O. The Kier molecular flexibility index (Phi) is 4.55. The van der Waals surface area contributed by atoms with Gasteiger partial charge in [-0.3, -0.25) is 0 Å². The zero-order valence-electron chi connectivity index (χ0n) is 19.3. The van der Waals surface area contributed by atoms with Crippen LogP contribution < -0.4 is 4.74 Å². The van der Waals surface area contributed by atoms with Crippen LogP contribution in [0.4, 0.5) is 0 Å². The second-order valence-electron chi connectivity index (χ2n) is 10.1. The van der Waals surface area contributed by atoms with Crippen LogP contribution in [0.3, 0.4) is 0 Å². The van der Waals surface area contributed by atoms with Crippen molar-refractivity contribution in [2.75, 3.05) is 0 Å². The third-order valence-electron chi connectivity index (χ3n) is 6.86. The van der Waals surface area contributed by atoms with E-state index in [2.05, 4.69) is 117 Å². The standard InChI is InChI=1S/C30H28N2O/c1-30(2,3)22-17-15-21(16-18-22)29-32-27(25-12-6-7-14-28(25)33-29)19-26(31-32)24-13-8-10-20-9-4-5-11-23(20)24/h4-18,27,29H,19H2,1-3H3. The van der Waals surface area contributed by atoms with Gasteiger partial charge in [-0.2, -0.15) is 5.10 Å². The largest absolute Gasteiger partial charge is 0.464 e. The normalized spacial score (nSPS) is 19.6. The number of para-hydroxylation sites is 1. The van der Waals surface area contributed by atoms with Crippen molar-refractivity contribution in [2.45, 2.75) is 44.9 Å². The highest BCUT2D eigenvalue weighted by Crippen LogP contribution is 2.47. The van der Waals surface area contributed by atoms with Gasteiger partial charge in [-0.25, -0.2) is 5.01 Å². The molecule has 164 valence electrons. The molecule has 4 aromatic rings. The molecule has 3 nitrogen and oxygen atoms in total. The summed E-state index contributed by atoms with van der Waals surface area (Å²) in [6, 6.07) is 32.4. The van der Waals surface area contributed by atoms with E-state index in [4.69, 9.17) is 9.84 Å². The van der Waals surface area contributed by atoms with Crippen molar-refractivity contribution < 1.29 is 4.74 Å². The summed E-state index contributed by atoms with van der Waals surface area (Å²) in [6.07, 6.45) is 0.622. The molecule has 0 bridgehead atoms. The molecule has 33 heavy (non-hydrogen) atoms. The highest BCUT2D eigenvalue weighted by molar-refractivity contribution is 6.11. The SMILES string of the molecule is CC(C)(C)c1ccc(C2Oc3ccccc3C3CC(c4cccc5ccccc45)=NN32)cc1. The third kappa shape index (κ3) is 3.39. The first-order valence-corrected chi connectivity index (χ1v) is 11.7. The molecule has 0 aliphatic carbocycles. The summed E-state index contributed by atoms with van der Waals surface area (Å²) in [5.41, 5.74) is 6.11. The van der Waals surface area contributed by atoms with Gasteiger partial charge in [0, 0.05) is 23.1 Å². The fourth-order valence-electron chi connectivity index (χ4n) is 5.04. The fourth-order valence-corrected chi connectivity index (χ4v) is 5.04. The van der Waals surface area contributed by atoms with Crippen molar-refractivity contribution >= 4 is 16.5 Å². The Morgan fingerprint density at radius 2 is 1.55 bits per heavy atom. The van der Waals surface area contributed by atoms with Crippen LogP contribution in [-0.4, -0.2) is 10.7 Å². The number of hydrazone groups is 1. The van der Waals surface area contributed by atoms with Crippen molar-refractivity contribution in [1.29, 1.82) is 0 Å². The zero-order valence-corrected chi connectivity index (χ0v) is 19.3. The molecule has 6 rings (SSSR count). The Morgan fingerprint density at radius 1 is 0.818 bits per heavy atom.